The Hall–Kier alpha value is -1.27. The van der Waals surface area contributed by atoms with Crippen molar-refractivity contribution in [3.63, 3.8) is 0 Å². The van der Waals surface area contributed by atoms with Crippen LogP contribution in [0.2, 0.25) is 0 Å². The summed E-state index contributed by atoms with van der Waals surface area (Å²) in [5.74, 6) is 0. The van der Waals surface area contributed by atoms with Crippen LogP contribution in [-0.2, 0) is 13.5 Å². The molecule has 0 fully saturated rings. The van der Waals surface area contributed by atoms with Crippen molar-refractivity contribution in [2.45, 2.75) is 25.8 Å². The Morgan fingerprint density at radius 2 is 2.32 bits per heavy atom. The first-order valence-electron chi connectivity index (χ1n) is 6.39. The fourth-order valence-corrected chi connectivity index (χ4v) is 2.65. The van der Waals surface area contributed by atoms with Gasteiger partial charge < -0.3 is 5.32 Å². The quantitative estimate of drug-likeness (QED) is 0.885. The third-order valence-corrected chi connectivity index (χ3v) is 3.52. The summed E-state index contributed by atoms with van der Waals surface area (Å²) in [4.78, 5) is 4.17. The average Bonchev–Trinajstić information content (AvgIpc) is 2.75. The predicted molar refractivity (Wildman–Crippen MR) is 77.7 cm³/mol. The lowest BCUT2D eigenvalue weighted by molar-refractivity contribution is 0.490. The summed E-state index contributed by atoms with van der Waals surface area (Å²) in [6.45, 7) is 3.12. The molecule has 0 amide bonds. The lowest BCUT2D eigenvalue weighted by atomic mass is 10.1. The number of pyridine rings is 1. The summed E-state index contributed by atoms with van der Waals surface area (Å²) in [5.41, 5.74) is 2.27. The zero-order chi connectivity index (χ0) is 13.7. The van der Waals surface area contributed by atoms with Crippen LogP contribution in [0.25, 0.3) is 0 Å². The Balaban J connectivity index is 2.21. The third-order valence-electron chi connectivity index (χ3n) is 2.96. The number of aromatic nitrogens is 4. The number of rotatable bonds is 6. The topological polar surface area (TPSA) is 55.6 Å². The fourth-order valence-electron chi connectivity index (χ4n) is 2.05. The van der Waals surface area contributed by atoms with Crippen molar-refractivity contribution in [3.05, 3.63) is 40.4 Å². The number of halogens is 1. The number of aryl methyl sites for hydroxylation is 1. The maximum Gasteiger partial charge on any atom is 0.153 e. The van der Waals surface area contributed by atoms with Crippen LogP contribution in [0.15, 0.2) is 29.1 Å². The van der Waals surface area contributed by atoms with Crippen molar-refractivity contribution < 1.29 is 0 Å². The first kappa shape index (κ1) is 14.1. The summed E-state index contributed by atoms with van der Waals surface area (Å²) in [5, 5.41) is 11.7. The van der Waals surface area contributed by atoms with E-state index in [0.717, 1.165) is 29.7 Å². The Bertz CT molecular complexity index is 492. The van der Waals surface area contributed by atoms with E-state index < -0.39 is 0 Å². The summed E-state index contributed by atoms with van der Waals surface area (Å²) in [6, 6.07) is 4.23. The molecule has 0 aliphatic carbocycles. The molecule has 2 heterocycles. The molecular formula is C13H18BrN5. The van der Waals surface area contributed by atoms with Crippen LogP contribution in [0.5, 0.6) is 0 Å². The van der Waals surface area contributed by atoms with E-state index in [1.807, 2.05) is 24.0 Å². The third kappa shape index (κ3) is 3.61. The van der Waals surface area contributed by atoms with E-state index in [1.54, 1.807) is 6.20 Å². The minimum atomic E-state index is 0.179. The summed E-state index contributed by atoms with van der Waals surface area (Å²) < 4.78 is 2.61. The average molecular weight is 324 g/mol. The molecule has 1 unspecified atom stereocenters. The zero-order valence-electron chi connectivity index (χ0n) is 11.2. The van der Waals surface area contributed by atoms with Gasteiger partial charge in [0, 0.05) is 19.4 Å². The molecular weight excluding hydrogens is 306 g/mol. The van der Waals surface area contributed by atoms with Crippen molar-refractivity contribution in [1.29, 1.82) is 0 Å². The molecule has 2 aromatic heterocycles. The molecule has 5 nitrogen and oxygen atoms in total. The molecule has 2 rings (SSSR count). The Morgan fingerprint density at radius 3 is 2.89 bits per heavy atom. The Morgan fingerprint density at radius 1 is 1.47 bits per heavy atom. The maximum atomic E-state index is 4.17. The van der Waals surface area contributed by atoms with Gasteiger partial charge in [0.2, 0.25) is 0 Å². The van der Waals surface area contributed by atoms with Crippen LogP contribution in [-0.4, -0.2) is 26.5 Å². The van der Waals surface area contributed by atoms with Crippen molar-refractivity contribution in [2.24, 2.45) is 7.05 Å². The monoisotopic (exact) mass is 323 g/mol. The van der Waals surface area contributed by atoms with Gasteiger partial charge in [0.15, 0.2) is 4.60 Å². The van der Waals surface area contributed by atoms with Gasteiger partial charge in [-0.1, -0.05) is 18.2 Å². The second-order valence-electron chi connectivity index (χ2n) is 4.46. The van der Waals surface area contributed by atoms with Gasteiger partial charge in [0.05, 0.1) is 11.7 Å². The second kappa shape index (κ2) is 6.77. The number of hydrogen-bond donors (Lipinski definition) is 1. The number of nitrogens with zero attached hydrogens (tertiary/aromatic N) is 4. The van der Waals surface area contributed by atoms with Crippen LogP contribution >= 0.6 is 15.9 Å². The van der Waals surface area contributed by atoms with E-state index in [2.05, 4.69) is 49.5 Å². The van der Waals surface area contributed by atoms with E-state index in [0.29, 0.717) is 0 Å². The first-order chi connectivity index (χ1) is 9.22. The lowest BCUT2D eigenvalue weighted by Crippen LogP contribution is -2.26. The highest BCUT2D eigenvalue weighted by Gasteiger charge is 2.20. The number of nitrogens with one attached hydrogen (secondary N) is 1. The lowest BCUT2D eigenvalue weighted by Gasteiger charge is -2.18. The summed E-state index contributed by atoms with van der Waals surface area (Å²) >= 11 is 3.47. The molecule has 0 aliphatic heterocycles. The van der Waals surface area contributed by atoms with E-state index in [4.69, 9.17) is 0 Å². The normalized spacial score (nSPS) is 12.6. The second-order valence-corrected chi connectivity index (χ2v) is 5.21. The standard InChI is InChI=1S/C13H18BrN5/c1-3-6-16-11(8-10-5-4-7-15-9-10)12-13(14)17-18-19(12)2/h4-5,7,9,11,16H,3,6,8H2,1-2H3. The van der Waals surface area contributed by atoms with Crippen LogP contribution in [0.3, 0.4) is 0 Å². The van der Waals surface area contributed by atoms with Gasteiger partial charge in [0.1, 0.15) is 0 Å². The van der Waals surface area contributed by atoms with Crippen LogP contribution in [0, 0.1) is 0 Å². The van der Waals surface area contributed by atoms with Crippen molar-refractivity contribution >= 4 is 15.9 Å². The molecule has 0 bridgehead atoms. The molecule has 0 spiro atoms. The van der Waals surface area contributed by atoms with Crippen LogP contribution < -0.4 is 5.32 Å². The summed E-state index contributed by atoms with van der Waals surface area (Å²) in [7, 11) is 1.91. The number of hydrogen-bond acceptors (Lipinski definition) is 4. The highest BCUT2D eigenvalue weighted by atomic mass is 79.9. The SMILES string of the molecule is CCCNC(Cc1cccnc1)c1c(Br)nnn1C. The molecule has 6 heteroatoms. The van der Waals surface area contributed by atoms with E-state index in [9.17, 15) is 0 Å². The van der Waals surface area contributed by atoms with Gasteiger partial charge in [-0.2, -0.15) is 0 Å². The molecule has 102 valence electrons. The molecule has 0 saturated carbocycles. The van der Waals surface area contributed by atoms with Crippen LogP contribution in [0.4, 0.5) is 0 Å². The predicted octanol–water partition coefficient (Wildman–Crippen LogP) is 2.26. The van der Waals surface area contributed by atoms with Crippen molar-refractivity contribution in [1.82, 2.24) is 25.3 Å². The van der Waals surface area contributed by atoms with Gasteiger partial charge in [-0.25, -0.2) is 4.68 Å². The molecule has 0 aromatic carbocycles. The largest absolute Gasteiger partial charge is 0.308 e. The van der Waals surface area contributed by atoms with Gasteiger partial charge in [0.25, 0.3) is 0 Å². The highest BCUT2D eigenvalue weighted by Crippen LogP contribution is 2.23. The van der Waals surface area contributed by atoms with Gasteiger partial charge in [-0.05, 0) is 46.9 Å². The van der Waals surface area contributed by atoms with E-state index in [1.165, 1.54) is 5.56 Å². The van der Waals surface area contributed by atoms with Crippen molar-refractivity contribution in [2.75, 3.05) is 6.54 Å². The smallest absolute Gasteiger partial charge is 0.153 e. The van der Waals surface area contributed by atoms with Crippen molar-refractivity contribution in [3.8, 4) is 0 Å². The first-order valence-corrected chi connectivity index (χ1v) is 7.19. The molecule has 19 heavy (non-hydrogen) atoms. The van der Waals surface area contributed by atoms with Gasteiger partial charge in [-0.15, -0.1) is 5.10 Å². The summed E-state index contributed by atoms with van der Waals surface area (Å²) in [6.07, 6.45) is 5.65. The minimum Gasteiger partial charge on any atom is -0.308 e. The van der Waals surface area contributed by atoms with Gasteiger partial charge >= 0.3 is 0 Å². The van der Waals surface area contributed by atoms with E-state index in [-0.39, 0.29) is 6.04 Å². The molecule has 2 aromatic rings. The van der Waals surface area contributed by atoms with Gasteiger partial charge in [-0.3, -0.25) is 4.98 Å². The fraction of sp³-hybridized carbons (Fsp3) is 0.462. The molecule has 0 saturated heterocycles. The molecule has 0 aliphatic rings. The highest BCUT2D eigenvalue weighted by molar-refractivity contribution is 9.10. The van der Waals surface area contributed by atoms with E-state index >= 15 is 0 Å². The molecule has 1 atom stereocenters. The maximum absolute atomic E-state index is 4.17. The van der Waals surface area contributed by atoms with Crippen LogP contribution in [0.1, 0.15) is 30.6 Å². The Labute approximate surface area is 121 Å². The molecule has 1 N–H and O–H groups in total. The molecule has 0 radical (unpaired) electrons. The zero-order valence-corrected chi connectivity index (χ0v) is 12.8. The Kier molecular flexibility index (Phi) is 5.04. The minimum absolute atomic E-state index is 0.179.